The van der Waals surface area contributed by atoms with Crippen molar-refractivity contribution < 1.29 is 13.2 Å². The largest absolute Gasteiger partial charge is 0.481 e. The summed E-state index contributed by atoms with van der Waals surface area (Å²) in [6.07, 6.45) is 3.27. The van der Waals surface area contributed by atoms with Crippen LogP contribution in [0.25, 0.3) is 10.2 Å². The van der Waals surface area contributed by atoms with Crippen molar-refractivity contribution in [3.05, 3.63) is 85.5 Å². The fraction of sp³-hybridized carbons (Fsp3) is 0.208. The summed E-state index contributed by atoms with van der Waals surface area (Å²) < 4.78 is 31.0. The third kappa shape index (κ3) is 4.81. The van der Waals surface area contributed by atoms with Gasteiger partial charge in [-0.15, -0.1) is 11.3 Å². The summed E-state index contributed by atoms with van der Waals surface area (Å²) in [5.41, 5.74) is 0.745. The minimum Gasteiger partial charge on any atom is -0.481 e. The lowest BCUT2D eigenvalue weighted by molar-refractivity contribution is 0.397. The van der Waals surface area contributed by atoms with E-state index in [1.165, 1.54) is 28.0 Å². The highest BCUT2D eigenvalue weighted by atomic mass is 32.2. The number of benzene rings is 1. The van der Waals surface area contributed by atoms with E-state index in [1.54, 1.807) is 38.6 Å². The molecular formula is C24H21N3O5S2. The van der Waals surface area contributed by atoms with Crippen LogP contribution in [0.15, 0.2) is 63.1 Å². The molecule has 34 heavy (non-hydrogen) atoms. The number of nitrogens with zero attached hydrogens (tertiary/aromatic N) is 3. The molecule has 1 aromatic carbocycles. The molecule has 3 aromatic heterocycles. The number of ether oxygens (including phenoxy) is 1. The van der Waals surface area contributed by atoms with Crippen LogP contribution < -0.4 is 16.0 Å². The summed E-state index contributed by atoms with van der Waals surface area (Å²) in [4.78, 5) is 31.5. The van der Waals surface area contributed by atoms with E-state index in [-0.39, 0.29) is 11.4 Å². The Hall–Kier alpha value is -3.68. The van der Waals surface area contributed by atoms with Gasteiger partial charge in [-0.1, -0.05) is 24.0 Å². The molecule has 0 aliphatic rings. The van der Waals surface area contributed by atoms with Gasteiger partial charge in [0.15, 0.2) is 9.84 Å². The van der Waals surface area contributed by atoms with Crippen LogP contribution in [0.3, 0.4) is 0 Å². The highest BCUT2D eigenvalue weighted by Crippen LogP contribution is 2.21. The molecule has 0 amide bonds. The molecule has 8 nitrogen and oxygen atoms in total. The maximum atomic E-state index is 13.1. The lowest BCUT2D eigenvalue weighted by atomic mass is 10.2. The number of hydrogen-bond acceptors (Lipinski definition) is 7. The van der Waals surface area contributed by atoms with Gasteiger partial charge < -0.3 is 4.74 Å². The summed E-state index contributed by atoms with van der Waals surface area (Å²) >= 11 is 1.29. The number of methoxy groups -OCH3 is 1. The standard InChI is InChI=1S/C24H21N3O5S2/c1-26-23-20(14-18(33-23)6-4-5-16-11-12-25-21(13-16)32-2)22(28)27(24(26)29)15-17-7-9-19(10-8-17)34(3,30)31/h7-14H,5,15H2,1-3H3. The van der Waals surface area contributed by atoms with Crippen LogP contribution in [-0.2, 0) is 29.9 Å². The Morgan fingerprint density at radius 2 is 1.82 bits per heavy atom. The van der Waals surface area contributed by atoms with Gasteiger partial charge in [-0.3, -0.25) is 13.9 Å². The normalized spacial score (nSPS) is 11.3. The van der Waals surface area contributed by atoms with Gasteiger partial charge in [-0.2, -0.15) is 0 Å². The Kier molecular flexibility index (Phi) is 6.41. The van der Waals surface area contributed by atoms with Crippen molar-refractivity contribution >= 4 is 31.4 Å². The minimum atomic E-state index is -3.33. The summed E-state index contributed by atoms with van der Waals surface area (Å²) in [6.45, 7) is 0.0340. The highest BCUT2D eigenvalue weighted by Gasteiger charge is 2.15. The average molecular weight is 496 g/mol. The molecule has 4 rings (SSSR count). The van der Waals surface area contributed by atoms with Gasteiger partial charge in [0.2, 0.25) is 5.88 Å². The Morgan fingerprint density at radius 1 is 1.09 bits per heavy atom. The Bertz CT molecular complexity index is 1670. The number of sulfone groups is 1. The molecule has 0 aliphatic heterocycles. The van der Waals surface area contributed by atoms with Crippen LogP contribution in [0, 0.1) is 11.8 Å². The second-order valence-electron chi connectivity index (χ2n) is 7.66. The van der Waals surface area contributed by atoms with E-state index in [4.69, 9.17) is 4.74 Å². The number of thiophene rings is 1. The van der Waals surface area contributed by atoms with Crippen LogP contribution in [-0.4, -0.2) is 35.9 Å². The van der Waals surface area contributed by atoms with E-state index in [9.17, 15) is 18.0 Å². The molecule has 0 spiro atoms. The Morgan fingerprint density at radius 3 is 2.50 bits per heavy atom. The van der Waals surface area contributed by atoms with Gasteiger partial charge in [0.25, 0.3) is 5.56 Å². The van der Waals surface area contributed by atoms with Gasteiger partial charge in [-0.05, 0) is 35.4 Å². The molecular weight excluding hydrogens is 474 g/mol. The fourth-order valence-electron chi connectivity index (χ4n) is 3.42. The number of aromatic nitrogens is 3. The van der Waals surface area contributed by atoms with E-state index in [2.05, 4.69) is 16.8 Å². The summed E-state index contributed by atoms with van der Waals surface area (Å²) in [7, 11) is -0.158. The number of hydrogen-bond donors (Lipinski definition) is 0. The highest BCUT2D eigenvalue weighted by molar-refractivity contribution is 7.90. The van der Waals surface area contributed by atoms with Crippen LogP contribution in [0.2, 0.25) is 0 Å². The zero-order chi connectivity index (χ0) is 24.5. The van der Waals surface area contributed by atoms with Gasteiger partial charge >= 0.3 is 5.69 Å². The SMILES string of the molecule is COc1cc(CC#Cc2cc3c(=O)n(Cc4ccc(S(C)(=O)=O)cc4)c(=O)n(C)c3s2)ccn1. The number of rotatable bonds is 5. The second kappa shape index (κ2) is 9.29. The maximum Gasteiger partial charge on any atom is 0.332 e. The first-order valence-electron chi connectivity index (χ1n) is 10.2. The van der Waals surface area contributed by atoms with E-state index >= 15 is 0 Å². The number of aryl methyl sites for hydroxylation is 1. The first-order valence-corrected chi connectivity index (χ1v) is 12.9. The molecule has 174 valence electrons. The van der Waals surface area contributed by atoms with Crippen LogP contribution in [0.4, 0.5) is 0 Å². The van der Waals surface area contributed by atoms with Gasteiger partial charge in [-0.25, -0.2) is 18.2 Å². The molecule has 3 heterocycles. The van der Waals surface area contributed by atoms with Crippen LogP contribution in [0.5, 0.6) is 5.88 Å². The van der Waals surface area contributed by atoms with Crippen molar-refractivity contribution in [2.45, 2.75) is 17.9 Å². The molecule has 0 atom stereocenters. The van der Waals surface area contributed by atoms with Crippen molar-refractivity contribution in [3.63, 3.8) is 0 Å². The molecule has 0 N–H and O–H groups in total. The predicted octanol–water partition coefficient (Wildman–Crippen LogP) is 2.21. The minimum absolute atomic E-state index is 0.0340. The molecule has 0 saturated heterocycles. The predicted molar refractivity (Wildman–Crippen MR) is 131 cm³/mol. The third-order valence-corrected chi connectivity index (χ3v) is 7.47. The van der Waals surface area contributed by atoms with Gasteiger partial charge in [0.05, 0.1) is 28.8 Å². The number of fused-ring (bicyclic) bond motifs is 1. The fourth-order valence-corrected chi connectivity index (χ4v) is 5.03. The molecule has 0 saturated carbocycles. The quantitative estimate of drug-likeness (QED) is 0.394. The Balaban J connectivity index is 1.65. The molecule has 0 radical (unpaired) electrons. The van der Waals surface area contributed by atoms with Crippen molar-refractivity contribution in [2.24, 2.45) is 7.05 Å². The first kappa shape index (κ1) is 23.5. The lowest BCUT2D eigenvalue weighted by Crippen LogP contribution is -2.38. The van der Waals surface area contributed by atoms with Crippen LogP contribution >= 0.6 is 11.3 Å². The molecule has 4 aromatic rings. The zero-order valence-corrected chi connectivity index (χ0v) is 20.4. The summed E-state index contributed by atoms with van der Waals surface area (Å²) in [6, 6.07) is 11.5. The molecule has 0 unspecified atom stereocenters. The van der Waals surface area contributed by atoms with Crippen molar-refractivity contribution in [1.29, 1.82) is 0 Å². The molecule has 0 bridgehead atoms. The van der Waals surface area contributed by atoms with Crippen molar-refractivity contribution in [3.8, 4) is 17.7 Å². The second-order valence-corrected chi connectivity index (χ2v) is 10.7. The average Bonchev–Trinajstić information content (AvgIpc) is 3.25. The van der Waals surface area contributed by atoms with Crippen LogP contribution in [0.1, 0.15) is 16.0 Å². The monoisotopic (exact) mass is 495 g/mol. The van der Waals surface area contributed by atoms with E-state index in [1.807, 2.05) is 12.1 Å². The Labute approximate surface area is 200 Å². The third-order valence-electron chi connectivity index (χ3n) is 5.22. The van der Waals surface area contributed by atoms with Crippen molar-refractivity contribution in [2.75, 3.05) is 13.4 Å². The van der Waals surface area contributed by atoms with Gasteiger partial charge in [0.1, 0.15) is 4.83 Å². The number of pyridine rings is 1. The molecule has 10 heteroatoms. The smallest absolute Gasteiger partial charge is 0.332 e. The van der Waals surface area contributed by atoms with E-state index < -0.39 is 21.1 Å². The summed E-state index contributed by atoms with van der Waals surface area (Å²) in [5.74, 6) is 6.67. The van der Waals surface area contributed by atoms with E-state index in [0.29, 0.717) is 33.0 Å². The first-order chi connectivity index (χ1) is 16.2. The lowest BCUT2D eigenvalue weighted by Gasteiger charge is -2.09. The zero-order valence-electron chi connectivity index (χ0n) is 18.7. The summed E-state index contributed by atoms with van der Waals surface area (Å²) in [5, 5.41) is 0.412. The maximum absolute atomic E-state index is 13.1. The molecule has 0 aliphatic carbocycles. The van der Waals surface area contributed by atoms with Gasteiger partial charge in [0, 0.05) is 32.0 Å². The molecule has 0 fully saturated rings. The van der Waals surface area contributed by atoms with Crippen molar-refractivity contribution in [1.82, 2.24) is 14.1 Å². The van der Waals surface area contributed by atoms with E-state index in [0.717, 1.165) is 16.4 Å². The topological polar surface area (TPSA) is 100 Å².